The molecule has 0 saturated carbocycles. The van der Waals surface area contributed by atoms with Gasteiger partial charge < -0.3 is 9.72 Å². The monoisotopic (exact) mass is 409 g/mol. The largest absolute Gasteiger partial charge is 0.345 e. The standard InChI is InChI=1S/C21H20ClN5O2/c1-13-3-4-14(2)18(9-13)27-20(28)8-6-17(25-27)21(29)23-10-16-12-26-11-15(22)5-7-19(26)24-16/h3-5,7,9,11-12H,6,8,10H2,1-2H3,(H,23,29). The van der Waals surface area contributed by atoms with E-state index >= 15 is 0 Å². The Labute approximate surface area is 173 Å². The number of aryl methyl sites for hydroxylation is 2. The third-order valence-electron chi connectivity index (χ3n) is 4.78. The fourth-order valence-electron chi connectivity index (χ4n) is 3.23. The van der Waals surface area contributed by atoms with Crippen LogP contribution in [0.4, 0.5) is 5.69 Å². The number of pyridine rings is 1. The molecule has 8 heteroatoms. The van der Waals surface area contributed by atoms with E-state index in [0.29, 0.717) is 28.5 Å². The molecule has 1 aliphatic rings. The minimum Gasteiger partial charge on any atom is -0.345 e. The molecule has 148 valence electrons. The van der Waals surface area contributed by atoms with Gasteiger partial charge in [-0.05, 0) is 43.2 Å². The normalized spacial score (nSPS) is 14.2. The van der Waals surface area contributed by atoms with E-state index in [1.54, 1.807) is 12.3 Å². The molecule has 1 N–H and O–H groups in total. The van der Waals surface area contributed by atoms with Crippen LogP contribution in [0.3, 0.4) is 0 Å². The van der Waals surface area contributed by atoms with Crippen molar-refractivity contribution < 1.29 is 9.59 Å². The van der Waals surface area contributed by atoms with Gasteiger partial charge in [0.15, 0.2) is 0 Å². The summed E-state index contributed by atoms with van der Waals surface area (Å²) >= 11 is 5.99. The summed E-state index contributed by atoms with van der Waals surface area (Å²) in [6.07, 6.45) is 4.13. The van der Waals surface area contributed by atoms with Gasteiger partial charge in [0.2, 0.25) is 5.91 Å². The lowest BCUT2D eigenvalue weighted by Crippen LogP contribution is -2.39. The van der Waals surface area contributed by atoms with Crippen LogP contribution in [-0.2, 0) is 16.1 Å². The number of aromatic nitrogens is 2. The molecule has 29 heavy (non-hydrogen) atoms. The zero-order valence-corrected chi connectivity index (χ0v) is 16.9. The lowest BCUT2D eigenvalue weighted by Gasteiger charge is -2.24. The van der Waals surface area contributed by atoms with Crippen LogP contribution < -0.4 is 10.3 Å². The van der Waals surface area contributed by atoms with E-state index in [1.165, 1.54) is 5.01 Å². The minimum atomic E-state index is -0.303. The van der Waals surface area contributed by atoms with Crippen LogP contribution in [0.15, 0.2) is 47.8 Å². The highest BCUT2D eigenvalue weighted by atomic mass is 35.5. The number of imidazole rings is 1. The second kappa shape index (κ2) is 7.67. The topological polar surface area (TPSA) is 79.1 Å². The molecule has 0 fully saturated rings. The predicted molar refractivity (Wildman–Crippen MR) is 112 cm³/mol. The molecule has 1 aliphatic heterocycles. The number of carbonyl (C=O) groups excluding carboxylic acids is 2. The van der Waals surface area contributed by atoms with Gasteiger partial charge in [-0.3, -0.25) is 9.59 Å². The number of hydrogen-bond donors (Lipinski definition) is 1. The number of halogens is 1. The van der Waals surface area contributed by atoms with Crippen molar-refractivity contribution in [3.8, 4) is 0 Å². The molecule has 1 aromatic carbocycles. The number of benzene rings is 1. The number of nitrogens with one attached hydrogen (secondary N) is 1. The zero-order valence-electron chi connectivity index (χ0n) is 16.1. The van der Waals surface area contributed by atoms with Gasteiger partial charge in [-0.1, -0.05) is 23.7 Å². The Morgan fingerprint density at radius 1 is 1.17 bits per heavy atom. The van der Waals surface area contributed by atoms with Gasteiger partial charge in [0.25, 0.3) is 5.91 Å². The molecular formula is C21H20ClN5O2. The van der Waals surface area contributed by atoms with Crippen molar-refractivity contribution in [2.45, 2.75) is 33.2 Å². The van der Waals surface area contributed by atoms with Gasteiger partial charge in [0.05, 0.1) is 22.9 Å². The van der Waals surface area contributed by atoms with E-state index in [4.69, 9.17) is 11.6 Å². The highest BCUT2D eigenvalue weighted by Gasteiger charge is 2.26. The highest BCUT2D eigenvalue weighted by Crippen LogP contribution is 2.25. The summed E-state index contributed by atoms with van der Waals surface area (Å²) in [6, 6.07) is 9.40. The van der Waals surface area contributed by atoms with Gasteiger partial charge >= 0.3 is 0 Å². The fourth-order valence-corrected chi connectivity index (χ4v) is 3.40. The first-order valence-electron chi connectivity index (χ1n) is 9.30. The number of carbonyl (C=O) groups is 2. The Bertz CT molecular complexity index is 1150. The first-order chi connectivity index (χ1) is 13.9. The molecule has 3 aromatic rings. The maximum Gasteiger partial charge on any atom is 0.267 e. The van der Waals surface area contributed by atoms with Gasteiger partial charge in [-0.15, -0.1) is 0 Å². The number of fused-ring (bicyclic) bond motifs is 1. The van der Waals surface area contributed by atoms with E-state index in [0.717, 1.165) is 16.8 Å². The third-order valence-corrected chi connectivity index (χ3v) is 5.01. The molecular weight excluding hydrogens is 390 g/mol. The lowest BCUT2D eigenvalue weighted by molar-refractivity contribution is -0.119. The Morgan fingerprint density at radius 3 is 2.83 bits per heavy atom. The van der Waals surface area contributed by atoms with E-state index in [1.807, 2.05) is 48.7 Å². The average Bonchev–Trinajstić information content (AvgIpc) is 3.10. The Balaban J connectivity index is 1.51. The summed E-state index contributed by atoms with van der Waals surface area (Å²) in [5, 5.41) is 9.14. The Hall–Kier alpha value is -3.19. The summed E-state index contributed by atoms with van der Waals surface area (Å²) in [7, 11) is 0. The molecule has 0 radical (unpaired) electrons. The van der Waals surface area contributed by atoms with E-state index in [2.05, 4.69) is 15.4 Å². The molecule has 0 saturated heterocycles. The van der Waals surface area contributed by atoms with Gasteiger partial charge in [0, 0.05) is 25.2 Å². The van der Waals surface area contributed by atoms with Crippen molar-refractivity contribution in [2.24, 2.45) is 5.10 Å². The Morgan fingerprint density at radius 2 is 2.00 bits per heavy atom. The molecule has 7 nitrogen and oxygen atoms in total. The predicted octanol–water partition coefficient (Wildman–Crippen LogP) is 3.40. The van der Waals surface area contributed by atoms with Gasteiger partial charge in [-0.2, -0.15) is 5.10 Å². The fraction of sp³-hybridized carbons (Fsp3) is 0.238. The molecule has 2 aromatic heterocycles. The quantitative estimate of drug-likeness (QED) is 0.717. The molecule has 3 heterocycles. The summed E-state index contributed by atoms with van der Waals surface area (Å²) in [4.78, 5) is 29.5. The van der Waals surface area contributed by atoms with Crippen LogP contribution in [0.5, 0.6) is 0 Å². The van der Waals surface area contributed by atoms with Crippen molar-refractivity contribution in [2.75, 3.05) is 5.01 Å². The van der Waals surface area contributed by atoms with Crippen molar-refractivity contribution in [1.29, 1.82) is 0 Å². The van der Waals surface area contributed by atoms with Crippen molar-refractivity contribution in [1.82, 2.24) is 14.7 Å². The summed E-state index contributed by atoms with van der Waals surface area (Å²) in [5.74, 6) is -0.421. The first kappa shape index (κ1) is 19.1. The minimum absolute atomic E-state index is 0.118. The summed E-state index contributed by atoms with van der Waals surface area (Å²) in [5.41, 5.74) is 4.45. The van der Waals surface area contributed by atoms with Crippen LogP contribution in [0.1, 0.15) is 29.7 Å². The maximum atomic E-state index is 12.6. The molecule has 0 spiro atoms. The second-order valence-corrected chi connectivity index (χ2v) is 7.51. The Kier molecular flexibility index (Phi) is 5.07. The van der Waals surface area contributed by atoms with E-state index in [9.17, 15) is 9.59 Å². The number of hydrazone groups is 1. The molecule has 0 aliphatic carbocycles. The van der Waals surface area contributed by atoms with E-state index in [-0.39, 0.29) is 24.8 Å². The second-order valence-electron chi connectivity index (χ2n) is 7.07. The van der Waals surface area contributed by atoms with Gasteiger partial charge in [0.1, 0.15) is 11.4 Å². The molecule has 0 unspecified atom stereocenters. The SMILES string of the molecule is Cc1ccc(C)c(N2N=C(C(=O)NCc3cn4cc(Cl)ccc4n3)CCC2=O)c1. The van der Waals surface area contributed by atoms with Crippen LogP contribution in [0.2, 0.25) is 5.02 Å². The van der Waals surface area contributed by atoms with Crippen LogP contribution >= 0.6 is 11.6 Å². The lowest BCUT2D eigenvalue weighted by atomic mass is 10.1. The number of amides is 2. The number of hydrogen-bond acceptors (Lipinski definition) is 4. The van der Waals surface area contributed by atoms with Crippen molar-refractivity contribution >= 4 is 40.5 Å². The third kappa shape index (κ3) is 4.00. The van der Waals surface area contributed by atoms with Crippen LogP contribution in [0, 0.1) is 13.8 Å². The molecule has 2 amide bonds. The molecule has 0 bridgehead atoms. The molecule has 4 rings (SSSR count). The van der Waals surface area contributed by atoms with E-state index < -0.39 is 0 Å². The zero-order chi connectivity index (χ0) is 20.5. The van der Waals surface area contributed by atoms with Crippen molar-refractivity contribution in [3.63, 3.8) is 0 Å². The number of rotatable bonds is 4. The van der Waals surface area contributed by atoms with Crippen LogP contribution in [-0.4, -0.2) is 26.9 Å². The van der Waals surface area contributed by atoms with Crippen LogP contribution in [0.25, 0.3) is 5.65 Å². The summed E-state index contributed by atoms with van der Waals surface area (Å²) in [6.45, 7) is 4.13. The smallest absolute Gasteiger partial charge is 0.267 e. The van der Waals surface area contributed by atoms with Gasteiger partial charge in [-0.25, -0.2) is 9.99 Å². The highest BCUT2D eigenvalue weighted by molar-refractivity contribution is 6.40. The molecule has 0 atom stereocenters. The number of nitrogens with zero attached hydrogens (tertiary/aromatic N) is 4. The average molecular weight is 410 g/mol. The number of anilines is 1. The maximum absolute atomic E-state index is 12.6. The first-order valence-corrected chi connectivity index (χ1v) is 9.67. The van der Waals surface area contributed by atoms with Crippen molar-refractivity contribution in [3.05, 3.63) is 64.6 Å². The summed E-state index contributed by atoms with van der Waals surface area (Å²) < 4.78 is 1.81.